The van der Waals surface area contributed by atoms with Crippen LogP contribution in [0.3, 0.4) is 0 Å². The second kappa shape index (κ2) is 5.66. The third-order valence-corrected chi connectivity index (χ3v) is 3.16. The van der Waals surface area contributed by atoms with Gasteiger partial charge in [-0.1, -0.05) is 35.5 Å². The second-order valence-electron chi connectivity index (χ2n) is 4.67. The third kappa shape index (κ3) is 2.86. The number of aromatic nitrogens is 3. The van der Waals surface area contributed by atoms with Crippen molar-refractivity contribution in [3.63, 3.8) is 0 Å². The minimum atomic E-state index is -0.0475. The van der Waals surface area contributed by atoms with Crippen LogP contribution in [0.15, 0.2) is 53.3 Å². The summed E-state index contributed by atoms with van der Waals surface area (Å²) >= 11 is 0. The van der Waals surface area contributed by atoms with E-state index >= 15 is 0 Å². The lowest BCUT2D eigenvalue weighted by molar-refractivity contribution is 0.0983. The molecule has 0 aliphatic heterocycles. The molecular weight excluding hydrogens is 266 g/mol. The topological polar surface area (TPSA) is 68.9 Å². The molecule has 1 aromatic carbocycles. The van der Waals surface area contributed by atoms with Crippen molar-refractivity contribution in [1.29, 1.82) is 0 Å². The first-order valence-corrected chi connectivity index (χ1v) is 6.56. The molecule has 21 heavy (non-hydrogen) atoms. The summed E-state index contributed by atoms with van der Waals surface area (Å²) in [5.74, 6) is 0.715. The molecule has 0 fully saturated rings. The highest BCUT2D eigenvalue weighted by Crippen LogP contribution is 2.19. The van der Waals surface area contributed by atoms with Gasteiger partial charge in [-0.2, -0.15) is 4.98 Å². The molecule has 0 aliphatic carbocycles. The van der Waals surface area contributed by atoms with E-state index in [2.05, 4.69) is 15.1 Å². The van der Waals surface area contributed by atoms with Crippen LogP contribution in [0, 0.1) is 6.92 Å². The fourth-order valence-corrected chi connectivity index (χ4v) is 2.00. The molecule has 104 valence electrons. The Morgan fingerprint density at radius 3 is 2.76 bits per heavy atom. The predicted octanol–water partition coefficient (Wildman–Crippen LogP) is 2.87. The van der Waals surface area contributed by atoms with Gasteiger partial charge < -0.3 is 4.52 Å². The molecule has 0 N–H and O–H groups in total. The van der Waals surface area contributed by atoms with Crippen molar-refractivity contribution >= 4 is 5.78 Å². The average Bonchev–Trinajstić information content (AvgIpc) is 2.97. The van der Waals surface area contributed by atoms with Crippen LogP contribution < -0.4 is 0 Å². The molecule has 5 heteroatoms. The van der Waals surface area contributed by atoms with Gasteiger partial charge in [0.05, 0.1) is 6.42 Å². The van der Waals surface area contributed by atoms with Crippen LogP contribution >= 0.6 is 0 Å². The van der Waals surface area contributed by atoms with Gasteiger partial charge in [0.2, 0.25) is 11.7 Å². The first kappa shape index (κ1) is 13.2. The number of aryl methyl sites for hydroxylation is 1. The Hall–Kier alpha value is -2.82. The molecular formula is C16H13N3O2. The lowest BCUT2D eigenvalue weighted by Crippen LogP contribution is -2.03. The van der Waals surface area contributed by atoms with Crippen molar-refractivity contribution in [1.82, 2.24) is 15.1 Å². The number of carbonyl (C=O) groups is 1. The minimum Gasteiger partial charge on any atom is -0.338 e. The number of pyridine rings is 1. The summed E-state index contributed by atoms with van der Waals surface area (Å²) < 4.78 is 5.16. The molecule has 0 saturated carbocycles. The molecule has 0 unspecified atom stereocenters. The summed E-state index contributed by atoms with van der Waals surface area (Å²) in [5.41, 5.74) is 2.45. The number of hydrogen-bond donors (Lipinski definition) is 0. The van der Waals surface area contributed by atoms with Gasteiger partial charge in [-0.05, 0) is 18.6 Å². The molecule has 3 aromatic rings. The van der Waals surface area contributed by atoms with Crippen molar-refractivity contribution in [2.24, 2.45) is 0 Å². The zero-order valence-corrected chi connectivity index (χ0v) is 11.5. The Morgan fingerprint density at radius 2 is 2.00 bits per heavy atom. The van der Waals surface area contributed by atoms with E-state index in [1.807, 2.05) is 31.2 Å². The molecule has 0 spiro atoms. The Morgan fingerprint density at radius 1 is 1.19 bits per heavy atom. The van der Waals surface area contributed by atoms with E-state index < -0.39 is 0 Å². The van der Waals surface area contributed by atoms with Crippen LogP contribution in [-0.2, 0) is 6.42 Å². The maximum absolute atomic E-state index is 12.1. The Bertz CT molecular complexity index is 766. The SMILES string of the molecule is Cc1ccncc1-c1noc(CC(=O)c2ccccc2)n1. The summed E-state index contributed by atoms with van der Waals surface area (Å²) in [5, 5.41) is 3.92. The van der Waals surface area contributed by atoms with Crippen molar-refractivity contribution < 1.29 is 9.32 Å². The van der Waals surface area contributed by atoms with E-state index in [4.69, 9.17) is 4.52 Å². The zero-order valence-electron chi connectivity index (χ0n) is 11.5. The summed E-state index contributed by atoms with van der Waals surface area (Å²) in [4.78, 5) is 20.4. The highest BCUT2D eigenvalue weighted by molar-refractivity contribution is 5.96. The second-order valence-corrected chi connectivity index (χ2v) is 4.67. The smallest absolute Gasteiger partial charge is 0.234 e. The number of hydrogen-bond acceptors (Lipinski definition) is 5. The van der Waals surface area contributed by atoms with Gasteiger partial charge in [0.15, 0.2) is 5.78 Å². The van der Waals surface area contributed by atoms with E-state index in [9.17, 15) is 4.79 Å². The molecule has 5 nitrogen and oxygen atoms in total. The summed E-state index contributed by atoms with van der Waals surface area (Å²) in [6.45, 7) is 1.95. The van der Waals surface area contributed by atoms with E-state index in [0.717, 1.165) is 11.1 Å². The van der Waals surface area contributed by atoms with Crippen LogP contribution in [0.4, 0.5) is 0 Å². The standard InChI is InChI=1S/C16H13N3O2/c1-11-7-8-17-10-13(11)16-18-15(21-19-16)9-14(20)12-5-3-2-4-6-12/h2-8,10H,9H2,1H3. The van der Waals surface area contributed by atoms with Gasteiger partial charge in [0.25, 0.3) is 0 Å². The highest BCUT2D eigenvalue weighted by atomic mass is 16.5. The van der Waals surface area contributed by atoms with Crippen LogP contribution in [-0.4, -0.2) is 20.9 Å². The van der Waals surface area contributed by atoms with E-state index in [-0.39, 0.29) is 12.2 Å². The molecule has 0 atom stereocenters. The average molecular weight is 279 g/mol. The maximum Gasteiger partial charge on any atom is 0.234 e. The Balaban J connectivity index is 1.80. The summed E-state index contributed by atoms with van der Waals surface area (Å²) in [6.07, 6.45) is 3.48. The lowest BCUT2D eigenvalue weighted by Gasteiger charge is -1.97. The van der Waals surface area contributed by atoms with E-state index in [1.54, 1.807) is 24.5 Å². The molecule has 0 saturated heterocycles. The van der Waals surface area contributed by atoms with Crippen LogP contribution in [0.5, 0.6) is 0 Å². The largest absolute Gasteiger partial charge is 0.338 e. The maximum atomic E-state index is 12.1. The first-order valence-electron chi connectivity index (χ1n) is 6.56. The minimum absolute atomic E-state index is 0.0475. The number of Topliss-reactive ketones (excluding diaryl/α,β-unsaturated/α-hetero) is 1. The molecule has 0 aliphatic rings. The first-order chi connectivity index (χ1) is 10.2. The summed E-state index contributed by atoms with van der Waals surface area (Å²) in [6, 6.07) is 10.9. The molecule has 2 heterocycles. The third-order valence-electron chi connectivity index (χ3n) is 3.16. The molecule has 0 radical (unpaired) electrons. The molecule has 0 bridgehead atoms. The van der Waals surface area contributed by atoms with Crippen LogP contribution in [0.25, 0.3) is 11.4 Å². The number of rotatable bonds is 4. The lowest BCUT2D eigenvalue weighted by atomic mass is 10.1. The number of benzene rings is 1. The number of carbonyl (C=O) groups excluding carboxylic acids is 1. The van der Waals surface area contributed by atoms with Crippen molar-refractivity contribution in [2.45, 2.75) is 13.3 Å². The van der Waals surface area contributed by atoms with Crippen LogP contribution in [0.2, 0.25) is 0 Å². The van der Waals surface area contributed by atoms with Crippen LogP contribution in [0.1, 0.15) is 21.8 Å². The normalized spacial score (nSPS) is 10.5. The van der Waals surface area contributed by atoms with Gasteiger partial charge in [0.1, 0.15) is 0 Å². The van der Waals surface area contributed by atoms with Crippen molar-refractivity contribution in [3.05, 3.63) is 65.8 Å². The molecule has 0 amide bonds. The van der Waals surface area contributed by atoms with Crippen molar-refractivity contribution in [3.8, 4) is 11.4 Å². The number of ketones is 1. The Labute approximate surface area is 121 Å². The predicted molar refractivity (Wildman–Crippen MR) is 76.7 cm³/mol. The quantitative estimate of drug-likeness (QED) is 0.687. The van der Waals surface area contributed by atoms with E-state index in [1.165, 1.54) is 0 Å². The molecule has 3 rings (SSSR count). The fourth-order valence-electron chi connectivity index (χ4n) is 2.00. The zero-order chi connectivity index (χ0) is 14.7. The fraction of sp³-hybridized carbons (Fsp3) is 0.125. The highest BCUT2D eigenvalue weighted by Gasteiger charge is 2.14. The summed E-state index contributed by atoms with van der Waals surface area (Å²) in [7, 11) is 0. The number of nitrogens with zero attached hydrogens (tertiary/aromatic N) is 3. The Kier molecular flexibility index (Phi) is 3.55. The van der Waals surface area contributed by atoms with Gasteiger partial charge >= 0.3 is 0 Å². The van der Waals surface area contributed by atoms with Gasteiger partial charge in [-0.3, -0.25) is 9.78 Å². The van der Waals surface area contributed by atoms with Crippen molar-refractivity contribution in [2.75, 3.05) is 0 Å². The van der Waals surface area contributed by atoms with Gasteiger partial charge in [-0.15, -0.1) is 0 Å². The van der Waals surface area contributed by atoms with Gasteiger partial charge in [-0.25, -0.2) is 0 Å². The van der Waals surface area contributed by atoms with Gasteiger partial charge in [0, 0.05) is 23.5 Å². The van der Waals surface area contributed by atoms with E-state index in [0.29, 0.717) is 17.3 Å². The monoisotopic (exact) mass is 279 g/mol. The molecule has 2 aromatic heterocycles.